The molecule has 0 radical (unpaired) electrons. The molecule has 1 heterocycles. The Balaban J connectivity index is 1.77. The molecule has 26 heavy (non-hydrogen) atoms. The highest BCUT2D eigenvalue weighted by Crippen LogP contribution is 2.40. The van der Waals surface area contributed by atoms with E-state index in [2.05, 4.69) is 5.32 Å². The summed E-state index contributed by atoms with van der Waals surface area (Å²) < 4.78 is 22.5. The summed E-state index contributed by atoms with van der Waals surface area (Å²) in [4.78, 5) is 12.6. The van der Waals surface area contributed by atoms with E-state index >= 15 is 0 Å². The Morgan fingerprint density at radius 2 is 1.65 bits per heavy atom. The molecule has 1 amide bonds. The SMILES string of the molecule is CCOc1ccc(C(=O)Nc2ccc3c(c2)OC(C)(C)O3)cc1OCC. The Morgan fingerprint density at radius 1 is 0.962 bits per heavy atom. The lowest BCUT2D eigenvalue weighted by Gasteiger charge is -2.16. The maximum absolute atomic E-state index is 12.6. The van der Waals surface area contributed by atoms with Crippen molar-refractivity contribution >= 4 is 11.6 Å². The molecule has 2 aromatic carbocycles. The predicted octanol–water partition coefficient (Wildman–Crippen LogP) is 4.24. The first-order valence-corrected chi connectivity index (χ1v) is 8.65. The van der Waals surface area contributed by atoms with Gasteiger partial charge in [0.05, 0.1) is 13.2 Å². The molecule has 0 fully saturated rings. The highest BCUT2D eigenvalue weighted by atomic mass is 16.7. The van der Waals surface area contributed by atoms with E-state index in [1.54, 1.807) is 36.4 Å². The first-order valence-electron chi connectivity index (χ1n) is 8.65. The fourth-order valence-electron chi connectivity index (χ4n) is 2.70. The quantitative estimate of drug-likeness (QED) is 0.837. The molecule has 6 heteroatoms. The second-order valence-corrected chi connectivity index (χ2v) is 6.25. The second kappa shape index (κ2) is 7.15. The molecule has 0 aliphatic carbocycles. The minimum absolute atomic E-state index is 0.243. The zero-order valence-electron chi connectivity index (χ0n) is 15.4. The predicted molar refractivity (Wildman–Crippen MR) is 98.5 cm³/mol. The van der Waals surface area contributed by atoms with Crippen LogP contribution in [-0.2, 0) is 0 Å². The van der Waals surface area contributed by atoms with E-state index in [1.165, 1.54) is 0 Å². The van der Waals surface area contributed by atoms with Crippen molar-refractivity contribution in [2.45, 2.75) is 33.5 Å². The highest BCUT2D eigenvalue weighted by molar-refractivity contribution is 6.04. The van der Waals surface area contributed by atoms with Crippen LogP contribution < -0.4 is 24.3 Å². The molecule has 0 saturated heterocycles. The number of rotatable bonds is 6. The third-order valence-electron chi connectivity index (χ3n) is 3.72. The Kier molecular flexibility index (Phi) is 4.93. The van der Waals surface area contributed by atoms with Gasteiger partial charge in [0.25, 0.3) is 5.91 Å². The average molecular weight is 357 g/mol. The number of benzene rings is 2. The number of anilines is 1. The number of carbonyl (C=O) groups excluding carboxylic acids is 1. The van der Waals surface area contributed by atoms with Crippen LogP contribution in [0.4, 0.5) is 5.69 Å². The van der Waals surface area contributed by atoms with E-state index < -0.39 is 5.79 Å². The lowest BCUT2D eigenvalue weighted by atomic mass is 10.1. The van der Waals surface area contributed by atoms with Gasteiger partial charge in [-0.2, -0.15) is 0 Å². The number of hydrogen-bond donors (Lipinski definition) is 1. The molecule has 0 atom stereocenters. The Morgan fingerprint density at radius 3 is 2.38 bits per heavy atom. The Hall–Kier alpha value is -2.89. The molecule has 0 aromatic heterocycles. The van der Waals surface area contributed by atoms with E-state index in [0.717, 1.165) is 0 Å². The molecule has 0 spiro atoms. The maximum Gasteiger partial charge on any atom is 0.255 e. The third-order valence-corrected chi connectivity index (χ3v) is 3.72. The van der Waals surface area contributed by atoms with Gasteiger partial charge in [-0.3, -0.25) is 4.79 Å². The van der Waals surface area contributed by atoms with Crippen molar-refractivity contribution in [3.05, 3.63) is 42.0 Å². The van der Waals surface area contributed by atoms with Crippen LogP contribution in [0.5, 0.6) is 23.0 Å². The van der Waals surface area contributed by atoms with Crippen LogP contribution in [0.15, 0.2) is 36.4 Å². The van der Waals surface area contributed by atoms with Gasteiger partial charge in [0.1, 0.15) is 0 Å². The molecule has 0 saturated carbocycles. The molecular weight excluding hydrogens is 334 g/mol. The first-order chi connectivity index (χ1) is 12.4. The lowest BCUT2D eigenvalue weighted by molar-refractivity contribution is -0.0431. The number of amides is 1. The number of hydrogen-bond acceptors (Lipinski definition) is 5. The summed E-state index contributed by atoms with van der Waals surface area (Å²) in [5, 5.41) is 2.87. The Labute approximate surface area is 153 Å². The topological polar surface area (TPSA) is 66.0 Å². The van der Waals surface area contributed by atoms with Gasteiger partial charge in [-0.15, -0.1) is 0 Å². The number of fused-ring (bicyclic) bond motifs is 1. The van der Waals surface area contributed by atoms with Crippen molar-refractivity contribution in [3.63, 3.8) is 0 Å². The van der Waals surface area contributed by atoms with Gasteiger partial charge < -0.3 is 24.3 Å². The van der Waals surface area contributed by atoms with Gasteiger partial charge in [0.15, 0.2) is 23.0 Å². The largest absolute Gasteiger partial charge is 0.490 e. The average Bonchev–Trinajstić information content (AvgIpc) is 2.90. The summed E-state index contributed by atoms with van der Waals surface area (Å²) in [6.45, 7) is 8.47. The number of nitrogens with one attached hydrogen (secondary N) is 1. The number of carbonyl (C=O) groups is 1. The molecule has 0 unspecified atom stereocenters. The van der Waals surface area contributed by atoms with E-state index in [9.17, 15) is 4.79 Å². The van der Waals surface area contributed by atoms with Crippen LogP contribution in [0.1, 0.15) is 38.1 Å². The van der Waals surface area contributed by atoms with Crippen LogP contribution in [0.25, 0.3) is 0 Å². The molecular formula is C20H23NO5. The fourth-order valence-corrected chi connectivity index (χ4v) is 2.70. The minimum atomic E-state index is -0.702. The van der Waals surface area contributed by atoms with Gasteiger partial charge >= 0.3 is 0 Å². The molecule has 6 nitrogen and oxygen atoms in total. The normalized spacial score (nSPS) is 14.0. The van der Waals surface area contributed by atoms with Gasteiger partial charge in [0, 0.05) is 31.2 Å². The summed E-state index contributed by atoms with van der Waals surface area (Å²) in [5.74, 6) is 1.49. The van der Waals surface area contributed by atoms with Gasteiger partial charge in [-0.05, 0) is 44.2 Å². The maximum atomic E-state index is 12.6. The van der Waals surface area contributed by atoms with Crippen molar-refractivity contribution < 1.29 is 23.7 Å². The summed E-state index contributed by atoms with van der Waals surface area (Å²) in [5.41, 5.74) is 1.11. The molecule has 2 aromatic rings. The standard InChI is InChI=1S/C20H23NO5/c1-5-23-15-9-7-13(11-17(15)24-6-2)19(22)21-14-8-10-16-18(12-14)26-20(3,4)25-16/h7-12H,5-6H2,1-4H3,(H,21,22). The van der Waals surface area contributed by atoms with E-state index in [0.29, 0.717) is 47.5 Å². The van der Waals surface area contributed by atoms with Crippen LogP contribution in [-0.4, -0.2) is 24.9 Å². The lowest BCUT2D eigenvalue weighted by Crippen LogP contribution is -2.29. The third kappa shape index (κ3) is 3.85. The van der Waals surface area contributed by atoms with Crippen molar-refractivity contribution in [1.29, 1.82) is 0 Å². The molecule has 3 rings (SSSR count). The molecule has 138 valence electrons. The number of ether oxygens (including phenoxy) is 4. The van der Waals surface area contributed by atoms with Crippen molar-refractivity contribution in [2.75, 3.05) is 18.5 Å². The highest BCUT2D eigenvalue weighted by Gasteiger charge is 2.31. The molecule has 1 aliphatic heterocycles. The van der Waals surface area contributed by atoms with Gasteiger partial charge in [0.2, 0.25) is 5.79 Å². The molecule has 1 N–H and O–H groups in total. The van der Waals surface area contributed by atoms with Crippen LogP contribution in [0.2, 0.25) is 0 Å². The van der Waals surface area contributed by atoms with Crippen LogP contribution in [0.3, 0.4) is 0 Å². The van der Waals surface area contributed by atoms with Crippen LogP contribution in [0, 0.1) is 0 Å². The summed E-state index contributed by atoms with van der Waals surface area (Å²) in [6, 6.07) is 10.4. The van der Waals surface area contributed by atoms with E-state index in [1.807, 2.05) is 27.7 Å². The minimum Gasteiger partial charge on any atom is -0.490 e. The molecule has 0 bridgehead atoms. The zero-order chi connectivity index (χ0) is 18.7. The smallest absolute Gasteiger partial charge is 0.255 e. The monoisotopic (exact) mass is 357 g/mol. The van der Waals surface area contributed by atoms with Crippen LogP contribution >= 0.6 is 0 Å². The van der Waals surface area contributed by atoms with Crippen molar-refractivity contribution in [1.82, 2.24) is 0 Å². The van der Waals surface area contributed by atoms with Gasteiger partial charge in [-0.1, -0.05) is 0 Å². The molecule has 1 aliphatic rings. The second-order valence-electron chi connectivity index (χ2n) is 6.25. The summed E-state index contributed by atoms with van der Waals surface area (Å²) in [7, 11) is 0. The summed E-state index contributed by atoms with van der Waals surface area (Å²) >= 11 is 0. The summed E-state index contributed by atoms with van der Waals surface area (Å²) in [6.07, 6.45) is 0. The van der Waals surface area contributed by atoms with E-state index in [4.69, 9.17) is 18.9 Å². The zero-order valence-corrected chi connectivity index (χ0v) is 15.4. The van der Waals surface area contributed by atoms with E-state index in [-0.39, 0.29) is 5.91 Å². The first kappa shape index (κ1) is 17.9. The Bertz CT molecular complexity index is 816. The van der Waals surface area contributed by atoms with Crippen molar-refractivity contribution in [3.8, 4) is 23.0 Å². The fraction of sp³-hybridized carbons (Fsp3) is 0.350. The van der Waals surface area contributed by atoms with Crippen molar-refractivity contribution in [2.24, 2.45) is 0 Å². The van der Waals surface area contributed by atoms with Gasteiger partial charge in [-0.25, -0.2) is 0 Å².